The highest BCUT2D eigenvalue weighted by molar-refractivity contribution is 6.06. The summed E-state index contributed by atoms with van der Waals surface area (Å²) in [7, 11) is 5.65. The predicted octanol–water partition coefficient (Wildman–Crippen LogP) is 3.88. The Morgan fingerprint density at radius 1 is 0.667 bits per heavy atom. The van der Waals surface area contributed by atoms with Gasteiger partial charge in [-0.25, -0.2) is 9.59 Å². The van der Waals surface area contributed by atoms with Crippen LogP contribution >= 0.6 is 0 Å². The molecule has 69 heavy (non-hydrogen) atoms. The molecule has 2 aliphatic heterocycles. The van der Waals surface area contributed by atoms with Gasteiger partial charge in [-0.1, -0.05) is 49.5 Å². The number of aromatic hydroxyl groups is 1. The third-order valence-electron chi connectivity index (χ3n) is 11.2. The second-order valence-electron chi connectivity index (χ2n) is 15.7. The molecule has 2 unspecified atom stereocenters. The van der Waals surface area contributed by atoms with Gasteiger partial charge in [0.1, 0.15) is 109 Å². The van der Waals surface area contributed by atoms with Crippen molar-refractivity contribution in [2.75, 3.05) is 41.7 Å². The van der Waals surface area contributed by atoms with E-state index < -0.39 is 66.6 Å². The van der Waals surface area contributed by atoms with Crippen LogP contribution in [0.2, 0.25) is 0 Å². The fourth-order valence-corrected chi connectivity index (χ4v) is 7.71. The Morgan fingerprint density at radius 2 is 1.12 bits per heavy atom. The number of fused-ring (bicyclic) bond motifs is 2. The second kappa shape index (κ2) is 25.6. The smallest absolute Gasteiger partial charge is 0.349 e. The molecule has 0 aliphatic carbocycles. The molecule has 380 valence electrons. The molecule has 0 spiro atoms. The number of oxime groups is 2. The Kier molecular flexibility index (Phi) is 20.7. The van der Waals surface area contributed by atoms with Crippen molar-refractivity contribution >= 4 is 33.4 Å². The van der Waals surface area contributed by atoms with Gasteiger partial charge in [0.15, 0.2) is 6.29 Å². The number of rotatable bonds is 16. The monoisotopic (exact) mass is 972 g/mol. The molecule has 2 fully saturated rings. The Hall–Kier alpha value is -5.88. The van der Waals surface area contributed by atoms with Gasteiger partial charge in [-0.3, -0.25) is 0 Å². The molecular formula is C48H64N2O19. The van der Waals surface area contributed by atoms with Gasteiger partial charge in [0.2, 0.25) is 6.29 Å². The number of aliphatic hydroxyl groups excluding tert-OH is 5. The summed E-state index contributed by atoms with van der Waals surface area (Å²) in [4.78, 5) is 34.7. The van der Waals surface area contributed by atoms with E-state index in [9.17, 15) is 40.2 Å². The van der Waals surface area contributed by atoms with Crippen LogP contribution < -0.4 is 25.5 Å². The molecule has 6 rings (SSSR count). The van der Waals surface area contributed by atoms with E-state index in [1.807, 2.05) is 13.8 Å². The van der Waals surface area contributed by atoms with Crippen molar-refractivity contribution in [3.8, 4) is 23.0 Å². The Bertz CT molecular complexity index is 2550. The highest BCUT2D eigenvalue weighted by Crippen LogP contribution is 2.37. The molecular weight excluding hydrogens is 909 g/mol. The van der Waals surface area contributed by atoms with Crippen molar-refractivity contribution in [3.05, 3.63) is 92.7 Å². The zero-order valence-electron chi connectivity index (χ0n) is 40.4. The van der Waals surface area contributed by atoms with Crippen molar-refractivity contribution in [1.82, 2.24) is 0 Å². The summed E-state index contributed by atoms with van der Waals surface area (Å²) in [6.07, 6.45) is -5.26. The maximum Gasteiger partial charge on any atom is 0.349 e. The lowest BCUT2D eigenvalue weighted by Crippen LogP contribution is -2.59. The van der Waals surface area contributed by atoms with Crippen LogP contribution in [0.3, 0.4) is 0 Å². The van der Waals surface area contributed by atoms with Gasteiger partial charge in [-0.2, -0.15) is 0 Å². The molecule has 10 atom stereocenters. The van der Waals surface area contributed by atoms with Gasteiger partial charge in [0, 0.05) is 25.3 Å². The molecule has 0 bridgehead atoms. The summed E-state index contributed by atoms with van der Waals surface area (Å²) < 4.78 is 49.5. The number of methoxy groups -OCH3 is 2. The van der Waals surface area contributed by atoms with Crippen LogP contribution in [0.4, 0.5) is 0 Å². The van der Waals surface area contributed by atoms with Gasteiger partial charge in [-0.15, -0.1) is 0 Å². The van der Waals surface area contributed by atoms with Gasteiger partial charge >= 0.3 is 11.3 Å². The predicted molar refractivity (Wildman–Crippen MR) is 252 cm³/mol. The Labute approximate surface area is 398 Å². The summed E-state index contributed by atoms with van der Waals surface area (Å²) in [6.45, 7) is 18.0. The highest BCUT2D eigenvalue weighted by atomic mass is 16.7. The van der Waals surface area contributed by atoms with Crippen molar-refractivity contribution in [1.29, 1.82) is 0 Å². The van der Waals surface area contributed by atoms with E-state index in [4.69, 9.17) is 51.7 Å². The summed E-state index contributed by atoms with van der Waals surface area (Å²) in [6, 6.07) is 6.47. The minimum absolute atomic E-state index is 0.0420. The van der Waals surface area contributed by atoms with E-state index in [2.05, 4.69) is 23.5 Å². The molecule has 0 radical (unpaired) electrons. The molecule has 0 amide bonds. The first-order valence-electron chi connectivity index (χ1n) is 21.9. The molecule has 21 heteroatoms. The molecule has 4 aromatic rings. The molecule has 2 aliphatic rings. The standard InChI is InChI=1S/C24H31NO9.C16H17NO5.C8H16O5/c1-7-11-31-21-14-9-10-16(12(3)20(14)34-23(28)17(21)13(4)25-30-6)33-24-19(27)18(26)22(29-5)15(8-2)32-24;1-5-8-21-15-11-6-7-12(18)9(2)14(11)22-16(19)13(15)10(3)17-20-4;1-3-4-7(12-2)5(9)6(10)8(11)13-4/h7,9-10,15,18-19,22,24,26-27H,1,8,11H2,2-6H3;5-7,18H,1,8H2,2-4H3;4-11H,3H2,1-2H3/t15-,18-,19+,22-,24?;;4-,5-,6+,7-,8?/m0.0/s1. The van der Waals surface area contributed by atoms with Crippen LogP contribution in [0, 0.1) is 13.8 Å². The Balaban J connectivity index is 0.000000252. The van der Waals surface area contributed by atoms with Crippen LogP contribution in [0.1, 0.15) is 62.8 Å². The first-order valence-corrected chi connectivity index (χ1v) is 21.9. The molecule has 21 nitrogen and oxygen atoms in total. The minimum Gasteiger partial charge on any atom is -0.508 e. The molecule has 0 saturated carbocycles. The summed E-state index contributed by atoms with van der Waals surface area (Å²) >= 11 is 0. The van der Waals surface area contributed by atoms with E-state index in [1.165, 1.54) is 34.5 Å². The lowest BCUT2D eigenvalue weighted by molar-refractivity contribution is -0.285. The quantitative estimate of drug-likeness (QED) is 0.0402. The summed E-state index contributed by atoms with van der Waals surface area (Å²) in [5.74, 6) is 0.952. The van der Waals surface area contributed by atoms with Crippen molar-refractivity contribution in [3.63, 3.8) is 0 Å². The van der Waals surface area contributed by atoms with Crippen molar-refractivity contribution < 1.29 is 82.3 Å². The molecule has 2 aromatic heterocycles. The lowest BCUT2D eigenvalue weighted by atomic mass is 9.97. The van der Waals surface area contributed by atoms with E-state index in [1.54, 1.807) is 58.0 Å². The summed E-state index contributed by atoms with van der Waals surface area (Å²) in [5, 5.41) is 67.4. The van der Waals surface area contributed by atoms with E-state index in [0.717, 1.165) is 0 Å². The number of aryl methyl sites for hydroxylation is 2. The van der Waals surface area contributed by atoms with Gasteiger partial charge in [0.05, 0.1) is 34.4 Å². The largest absolute Gasteiger partial charge is 0.508 e. The van der Waals surface area contributed by atoms with Gasteiger partial charge < -0.3 is 82.3 Å². The highest BCUT2D eigenvalue weighted by Gasteiger charge is 2.46. The molecule has 6 N–H and O–H groups in total. The third kappa shape index (κ3) is 12.5. The van der Waals surface area contributed by atoms with E-state index in [0.29, 0.717) is 57.7 Å². The molecule has 2 saturated heterocycles. The van der Waals surface area contributed by atoms with Gasteiger partial charge in [-0.05, 0) is 64.8 Å². The maximum absolute atomic E-state index is 12.9. The first kappa shape index (κ1) is 55.7. The number of benzene rings is 2. The fourth-order valence-electron chi connectivity index (χ4n) is 7.71. The number of aliphatic hydroxyl groups is 5. The fraction of sp³-hybridized carbons (Fsp3) is 0.500. The number of phenols is 1. The number of phenolic OH excluding ortho intramolecular Hbond substituents is 1. The van der Waals surface area contributed by atoms with Gasteiger partial charge in [0.25, 0.3) is 0 Å². The van der Waals surface area contributed by atoms with Crippen molar-refractivity contribution in [2.24, 2.45) is 10.3 Å². The van der Waals surface area contributed by atoms with Crippen LogP contribution in [0.25, 0.3) is 21.9 Å². The SMILES string of the molecule is C=CCOc1c(C(C)=NOC)c(=O)oc2c(C)c(O)ccc12.C=CCOc1c(C(C)=NOC)c(=O)oc2c(C)c(OC3O[C@@H](CC)[C@H](OC)[C@@H](O)[C@H]3O)ccc12.CC[C@@H]1OC(O)[C@H](O)[C@H](O)[C@H]1OC. The second-order valence-corrected chi connectivity index (χ2v) is 15.7. The average Bonchev–Trinajstić information content (AvgIpc) is 3.33. The number of hydrogen-bond acceptors (Lipinski definition) is 21. The summed E-state index contributed by atoms with van der Waals surface area (Å²) in [5.41, 5.74) is 1.13. The first-order chi connectivity index (χ1) is 32.9. The van der Waals surface area contributed by atoms with Crippen LogP contribution in [-0.4, -0.2) is 145 Å². The average molecular weight is 973 g/mol. The lowest BCUT2D eigenvalue weighted by Gasteiger charge is -2.41. The maximum atomic E-state index is 12.9. The van der Waals surface area contributed by atoms with Crippen LogP contribution in [-0.2, 0) is 28.6 Å². The number of hydrogen-bond donors (Lipinski definition) is 6. The Morgan fingerprint density at radius 3 is 1.57 bits per heavy atom. The number of ether oxygens (including phenoxy) is 7. The van der Waals surface area contributed by atoms with E-state index >= 15 is 0 Å². The zero-order chi connectivity index (χ0) is 51.3. The van der Waals surface area contributed by atoms with E-state index in [-0.39, 0.29) is 53.1 Å². The zero-order valence-corrected chi connectivity index (χ0v) is 40.4. The molecule has 4 heterocycles. The number of nitrogens with zero attached hydrogens (tertiary/aromatic N) is 2. The minimum atomic E-state index is -1.35. The molecule has 2 aromatic carbocycles. The van der Waals surface area contributed by atoms with Crippen LogP contribution in [0.15, 0.2) is 78.3 Å². The third-order valence-corrected chi connectivity index (χ3v) is 11.2. The topological polar surface area (TPSA) is 290 Å². The van der Waals surface area contributed by atoms with Crippen molar-refractivity contribution in [2.45, 2.75) is 116 Å². The normalized spacial score (nSPS) is 24.9. The van der Waals surface area contributed by atoms with Crippen LogP contribution in [0.5, 0.6) is 23.0 Å².